The fourth-order valence-electron chi connectivity index (χ4n) is 3.93. The summed E-state index contributed by atoms with van der Waals surface area (Å²) in [6.45, 7) is 13.8. The van der Waals surface area contributed by atoms with Gasteiger partial charge in [-0.05, 0) is 64.8 Å². The number of hydrogen-bond acceptors (Lipinski definition) is 3. The van der Waals surface area contributed by atoms with E-state index in [1.165, 1.54) is 18.2 Å². The fraction of sp³-hybridized carbons (Fsp3) is 0.357. The fourth-order valence-corrected chi connectivity index (χ4v) is 5.13. The largest absolute Gasteiger partial charge is 0.507 e. The number of aromatic hydroxyl groups is 1. The first-order valence-electron chi connectivity index (χ1n) is 11.3. The summed E-state index contributed by atoms with van der Waals surface area (Å²) in [7, 11) is -3.98. The third-order valence-electron chi connectivity index (χ3n) is 5.90. The smallest absolute Gasteiger partial charge is 0.241 e. The Morgan fingerprint density at radius 3 is 1.82 bits per heavy atom. The molecule has 0 heterocycles. The minimum absolute atomic E-state index is 0.102. The molecule has 1 atom stereocenters. The maximum atomic E-state index is 15.0. The first kappa shape index (κ1) is 25.9. The molecule has 0 radical (unpaired) electrons. The van der Waals surface area contributed by atoms with E-state index in [1.807, 2.05) is 48.5 Å². The van der Waals surface area contributed by atoms with Gasteiger partial charge in [-0.15, -0.1) is 0 Å². The van der Waals surface area contributed by atoms with Crippen LogP contribution in [0.15, 0.2) is 65.6 Å². The number of aryl methyl sites for hydroxylation is 1. The normalized spacial score (nSPS) is 13.6. The van der Waals surface area contributed by atoms with Crippen LogP contribution in [0.1, 0.15) is 75.4 Å². The van der Waals surface area contributed by atoms with E-state index in [0.717, 1.165) is 5.56 Å². The number of phenols is 1. The van der Waals surface area contributed by atoms with Gasteiger partial charge in [-0.25, -0.2) is 12.8 Å². The summed E-state index contributed by atoms with van der Waals surface area (Å²) in [5.41, 5.74) is 2.22. The molecule has 0 saturated heterocycles. The van der Waals surface area contributed by atoms with Gasteiger partial charge in [0, 0.05) is 5.56 Å². The number of halogens is 1. The summed E-state index contributed by atoms with van der Waals surface area (Å²) in [5.74, 6) is -0.334. The van der Waals surface area contributed by atoms with Crippen LogP contribution in [0, 0.1) is 12.7 Å². The summed E-state index contributed by atoms with van der Waals surface area (Å²) in [4.78, 5) is 0.102. The van der Waals surface area contributed by atoms with Crippen molar-refractivity contribution in [3.8, 4) is 5.75 Å². The molecule has 0 spiro atoms. The van der Waals surface area contributed by atoms with E-state index in [-0.39, 0.29) is 16.2 Å². The Morgan fingerprint density at radius 2 is 1.35 bits per heavy atom. The molecule has 1 unspecified atom stereocenters. The number of sulfonamides is 1. The van der Waals surface area contributed by atoms with Crippen molar-refractivity contribution < 1.29 is 17.9 Å². The van der Waals surface area contributed by atoms with Crippen LogP contribution in [0.2, 0.25) is 0 Å². The molecule has 182 valence electrons. The third kappa shape index (κ3) is 5.50. The molecule has 0 aliphatic rings. The zero-order valence-corrected chi connectivity index (χ0v) is 21.7. The van der Waals surface area contributed by atoms with Crippen LogP contribution in [-0.4, -0.2) is 13.5 Å². The Bertz CT molecular complexity index is 1250. The molecule has 6 heteroatoms. The summed E-state index contributed by atoms with van der Waals surface area (Å²) >= 11 is 0. The minimum Gasteiger partial charge on any atom is -0.507 e. The second-order valence-corrected chi connectivity index (χ2v) is 12.6. The Labute approximate surface area is 202 Å². The second kappa shape index (κ2) is 9.16. The molecule has 2 N–H and O–H groups in total. The summed E-state index contributed by atoms with van der Waals surface area (Å²) in [6, 6.07) is 15.2. The van der Waals surface area contributed by atoms with E-state index < -0.39 is 32.7 Å². The standard InChI is InChI=1S/C28H34FNO3S/c1-18-12-14-20(15-13-18)34(32,33)30-25(21-10-8-9-11-24(21)29)19-16-22(27(2,3)4)26(31)23(17-19)28(5,6)7/h8-17,25,30-31H,1-7H3. The lowest BCUT2D eigenvalue weighted by molar-refractivity contribution is 0.422. The van der Waals surface area contributed by atoms with Crippen LogP contribution in [-0.2, 0) is 20.9 Å². The van der Waals surface area contributed by atoms with E-state index in [2.05, 4.69) is 4.72 Å². The molecule has 4 nitrogen and oxygen atoms in total. The SMILES string of the molecule is Cc1ccc(S(=O)(=O)NC(c2cc(C(C)(C)C)c(O)c(C(C)(C)C)c2)c2ccccc2F)cc1. The molecule has 3 aromatic rings. The minimum atomic E-state index is -3.98. The van der Waals surface area contributed by atoms with Gasteiger partial charge in [-0.1, -0.05) is 77.4 Å². The number of benzene rings is 3. The van der Waals surface area contributed by atoms with E-state index in [1.54, 1.807) is 42.5 Å². The predicted molar refractivity (Wildman–Crippen MR) is 135 cm³/mol. The molecule has 0 amide bonds. The first-order valence-corrected chi connectivity index (χ1v) is 12.8. The van der Waals surface area contributed by atoms with Gasteiger partial charge in [0.15, 0.2) is 0 Å². The predicted octanol–water partition coefficient (Wildman–Crippen LogP) is 6.50. The average Bonchev–Trinajstić information content (AvgIpc) is 2.71. The number of phenolic OH excluding ortho intramolecular Hbond substituents is 1. The highest BCUT2D eigenvalue weighted by atomic mass is 32.2. The van der Waals surface area contributed by atoms with Gasteiger partial charge in [-0.3, -0.25) is 0 Å². The number of hydrogen-bond donors (Lipinski definition) is 2. The Kier molecular flexibility index (Phi) is 6.98. The van der Waals surface area contributed by atoms with Crippen molar-refractivity contribution in [3.63, 3.8) is 0 Å². The highest BCUT2D eigenvalue weighted by Crippen LogP contribution is 2.42. The number of rotatable bonds is 5. The molecule has 0 aromatic heterocycles. The average molecular weight is 484 g/mol. The quantitative estimate of drug-likeness (QED) is 0.435. The summed E-state index contributed by atoms with van der Waals surface area (Å²) < 4.78 is 44.5. The second-order valence-electron chi connectivity index (χ2n) is 10.9. The lowest BCUT2D eigenvalue weighted by atomic mass is 9.77. The van der Waals surface area contributed by atoms with Gasteiger partial charge in [0.25, 0.3) is 0 Å². The van der Waals surface area contributed by atoms with Crippen molar-refractivity contribution in [1.82, 2.24) is 4.72 Å². The topological polar surface area (TPSA) is 66.4 Å². The van der Waals surface area contributed by atoms with Crippen molar-refractivity contribution in [3.05, 3.63) is 94.3 Å². The molecular formula is C28H34FNO3S. The van der Waals surface area contributed by atoms with Crippen LogP contribution in [0.4, 0.5) is 4.39 Å². The van der Waals surface area contributed by atoms with E-state index in [0.29, 0.717) is 16.7 Å². The van der Waals surface area contributed by atoms with Gasteiger partial charge < -0.3 is 5.11 Å². The first-order chi connectivity index (χ1) is 15.6. The maximum Gasteiger partial charge on any atom is 0.241 e. The molecule has 0 saturated carbocycles. The molecule has 3 rings (SSSR count). The maximum absolute atomic E-state index is 15.0. The molecular weight excluding hydrogens is 449 g/mol. The molecule has 34 heavy (non-hydrogen) atoms. The van der Waals surface area contributed by atoms with Crippen molar-refractivity contribution >= 4 is 10.0 Å². The van der Waals surface area contributed by atoms with E-state index >= 15 is 4.39 Å². The lowest BCUT2D eigenvalue weighted by Gasteiger charge is -2.30. The van der Waals surface area contributed by atoms with Crippen LogP contribution < -0.4 is 4.72 Å². The summed E-state index contributed by atoms with van der Waals surface area (Å²) in [5, 5.41) is 11.1. The monoisotopic (exact) mass is 483 g/mol. The molecule has 0 fully saturated rings. The summed E-state index contributed by atoms with van der Waals surface area (Å²) in [6.07, 6.45) is 0. The van der Waals surface area contributed by atoms with Crippen LogP contribution in [0.25, 0.3) is 0 Å². The third-order valence-corrected chi connectivity index (χ3v) is 7.34. The van der Waals surface area contributed by atoms with E-state index in [4.69, 9.17) is 0 Å². The highest BCUT2D eigenvalue weighted by molar-refractivity contribution is 7.89. The highest BCUT2D eigenvalue weighted by Gasteiger charge is 2.31. The molecule has 0 bridgehead atoms. The van der Waals surface area contributed by atoms with Crippen molar-refractivity contribution in [1.29, 1.82) is 0 Å². The van der Waals surface area contributed by atoms with Crippen LogP contribution in [0.3, 0.4) is 0 Å². The zero-order chi connectivity index (χ0) is 25.5. The molecule has 3 aromatic carbocycles. The Balaban J connectivity index is 2.28. The number of nitrogens with one attached hydrogen (secondary N) is 1. The van der Waals surface area contributed by atoms with Gasteiger partial charge in [0.2, 0.25) is 10.0 Å². The van der Waals surface area contributed by atoms with Gasteiger partial charge in [-0.2, -0.15) is 4.72 Å². The van der Waals surface area contributed by atoms with Gasteiger partial charge in [0.1, 0.15) is 11.6 Å². The lowest BCUT2D eigenvalue weighted by Crippen LogP contribution is -2.31. The van der Waals surface area contributed by atoms with Crippen LogP contribution >= 0.6 is 0 Å². The van der Waals surface area contributed by atoms with Gasteiger partial charge in [0.05, 0.1) is 10.9 Å². The molecule has 0 aliphatic heterocycles. The Hall–Kier alpha value is -2.70. The zero-order valence-electron chi connectivity index (χ0n) is 20.9. The molecule has 0 aliphatic carbocycles. The van der Waals surface area contributed by atoms with Gasteiger partial charge >= 0.3 is 0 Å². The van der Waals surface area contributed by atoms with Crippen molar-refractivity contribution in [2.75, 3.05) is 0 Å². The Morgan fingerprint density at radius 1 is 0.853 bits per heavy atom. The van der Waals surface area contributed by atoms with Crippen molar-refractivity contribution in [2.45, 2.75) is 70.2 Å². The van der Waals surface area contributed by atoms with Crippen LogP contribution in [0.5, 0.6) is 5.75 Å². The van der Waals surface area contributed by atoms with E-state index in [9.17, 15) is 13.5 Å². The van der Waals surface area contributed by atoms with Crippen molar-refractivity contribution in [2.24, 2.45) is 0 Å².